The number of rotatable bonds is 6. The van der Waals surface area contributed by atoms with Gasteiger partial charge in [0.1, 0.15) is 12.1 Å². The van der Waals surface area contributed by atoms with E-state index in [0.717, 1.165) is 37.1 Å². The Morgan fingerprint density at radius 2 is 2.17 bits per heavy atom. The second kappa shape index (κ2) is 10.4. The van der Waals surface area contributed by atoms with E-state index in [-0.39, 0.29) is 18.6 Å². The molecule has 3 aromatic rings. The first kappa shape index (κ1) is 25.3. The van der Waals surface area contributed by atoms with E-state index in [2.05, 4.69) is 19.9 Å². The average Bonchev–Trinajstić information content (AvgIpc) is 3.49. The number of nitrogens with zero attached hydrogens (tertiary/aromatic N) is 5. The fraction of sp³-hybridized carbons (Fsp3) is 0.462. The molecule has 2 aromatic heterocycles. The van der Waals surface area contributed by atoms with Crippen molar-refractivity contribution in [1.29, 1.82) is 0 Å². The maximum absolute atomic E-state index is 12.5. The molecule has 4 rings (SSSR count). The zero-order chi connectivity index (χ0) is 25.9. The summed E-state index contributed by atoms with van der Waals surface area (Å²) >= 11 is 0. The van der Waals surface area contributed by atoms with Crippen molar-refractivity contribution in [3.8, 4) is 22.5 Å². The Labute approximate surface area is 211 Å². The number of imidazole rings is 1. The van der Waals surface area contributed by atoms with Gasteiger partial charge in [0.2, 0.25) is 0 Å². The van der Waals surface area contributed by atoms with E-state index in [1.807, 2.05) is 56.6 Å². The van der Waals surface area contributed by atoms with Gasteiger partial charge in [-0.25, -0.2) is 14.5 Å². The van der Waals surface area contributed by atoms with Crippen LogP contribution in [0.2, 0.25) is 0 Å². The molecule has 3 N–H and O–H groups in total. The number of aromatic nitrogens is 4. The van der Waals surface area contributed by atoms with E-state index >= 15 is 0 Å². The number of nitrogen functional groups attached to an aromatic ring is 1. The number of amides is 1. The number of benzene rings is 1. The molecule has 1 aliphatic rings. The first-order valence-corrected chi connectivity index (χ1v) is 12.2. The Kier molecular flexibility index (Phi) is 7.31. The topological polar surface area (TPSA) is 116 Å². The zero-order valence-corrected chi connectivity index (χ0v) is 21.2. The van der Waals surface area contributed by atoms with Crippen LogP contribution in [0, 0.1) is 6.57 Å². The largest absolute Gasteiger partial charge is 0.444 e. The van der Waals surface area contributed by atoms with Crippen LogP contribution in [-0.4, -0.2) is 49.5 Å². The normalized spacial score (nSPS) is 15.9. The molecule has 10 nitrogen and oxygen atoms in total. The highest BCUT2D eigenvalue weighted by atomic mass is 16.6. The molecular formula is C26H33N7O3. The second-order valence-electron chi connectivity index (χ2n) is 9.77. The van der Waals surface area contributed by atoms with Gasteiger partial charge >= 0.3 is 6.09 Å². The summed E-state index contributed by atoms with van der Waals surface area (Å²) in [6.07, 6.45) is 4.34. The fourth-order valence-electron chi connectivity index (χ4n) is 4.19. The van der Waals surface area contributed by atoms with E-state index in [4.69, 9.17) is 21.8 Å². The van der Waals surface area contributed by atoms with Gasteiger partial charge < -0.3 is 20.1 Å². The lowest BCUT2D eigenvalue weighted by molar-refractivity contribution is -0.0383. The predicted molar refractivity (Wildman–Crippen MR) is 137 cm³/mol. The molecule has 190 valence electrons. The molecule has 1 aromatic carbocycles. The molecular weight excluding hydrogens is 458 g/mol. The van der Waals surface area contributed by atoms with Crippen molar-refractivity contribution < 1.29 is 14.3 Å². The Bertz CT molecular complexity index is 1260. The zero-order valence-electron chi connectivity index (χ0n) is 21.2. The molecule has 1 saturated heterocycles. The van der Waals surface area contributed by atoms with Crippen molar-refractivity contribution in [1.82, 2.24) is 24.6 Å². The third kappa shape index (κ3) is 5.52. The van der Waals surface area contributed by atoms with Crippen LogP contribution < -0.4 is 5.73 Å². The minimum Gasteiger partial charge on any atom is -0.444 e. The van der Waals surface area contributed by atoms with Crippen LogP contribution in [0.5, 0.6) is 0 Å². The highest BCUT2D eigenvalue weighted by Crippen LogP contribution is 2.36. The highest BCUT2D eigenvalue weighted by Gasteiger charge is 2.25. The van der Waals surface area contributed by atoms with Crippen LogP contribution in [0.3, 0.4) is 0 Å². The van der Waals surface area contributed by atoms with Crippen molar-refractivity contribution in [2.24, 2.45) is 0 Å². The number of hydrogen-bond acceptors (Lipinski definition) is 6. The van der Waals surface area contributed by atoms with E-state index in [0.29, 0.717) is 29.3 Å². The number of carbonyl (C=O) groups excluding carboxylic acids is 1. The number of hydrogen-bond donors (Lipinski definition) is 2. The van der Waals surface area contributed by atoms with Gasteiger partial charge in [-0.15, -0.1) is 0 Å². The van der Waals surface area contributed by atoms with Crippen LogP contribution in [0.15, 0.2) is 30.5 Å². The summed E-state index contributed by atoms with van der Waals surface area (Å²) in [5.74, 6) is 0.755. The molecule has 3 heterocycles. The van der Waals surface area contributed by atoms with E-state index < -0.39 is 11.7 Å². The maximum atomic E-state index is 12.5. The Balaban J connectivity index is 1.59. The Morgan fingerprint density at radius 3 is 2.81 bits per heavy atom. The first-order valence-electron chi connectivity index (χ1n) is 12.2. The quantitative estimate of drug-likeness (QED) is 0.346. The first-order chi connectivity index (χ1) is 17.2. The minimum absolute atomic E-state index is 0.0845. The van der Waals surface area contributed by atoms with E-state index in [9.17, 15) is 4.79 Å². The van der Waals surface area contributed by atoms with Gasteiger partial charge in [0.05, 0.1) is 11.4 Å². The predicted octanol–water partition coefficient (Wildman–Crippen LogP) is 5.53. The summed E-state index contributed by atoms with van der Waals surface area (Å²) in [4.78, 5) is 25.3. The average molecular weight is 492 g/mol. The van der Waals surface area contributed by atoms with Gasteiger partial charge in [-0.1, -0.05) is 18.7 Å². The Morgan fingerprint density at radius 1 is 1.36 bits per heavy atom. The molecule has 0 aliphatic carbocycles. The number of aromatic amines is 1. The van der Waals surface area contributed by atoms with Crippen LogP contribution in [0.1, 0.15) is 59.0 Å². The molecule has 1 atom stereocenters. The summed E-state index contributed by atoms with van der Waals surface area (Å²) in [6, 6.07) is 7.62. The smallest absolute Gasteiger partial charge is 0.410 e. The van der Waals surface area contributed by atoms with Crippen molar-refractivity contribution >= 4 is 17.6 Å². The van der Waals surface area contributed by atoms with Gasteiger partial charge in [0.25, 0.3) is 5.82 Å². The number of H-pyrrole nitrogens is 1. The number of carbonyl (C=O) groups is 1. The summed E-state index contributed by atoms with van der Waals surface area (Å²) in [5.41, 5.74) is 9.28. The molecule has 1 aliphatic heterocycles. The molecule has 0 saturated carbocycles. The van der Waals surface area contributed by atoms with Gasteiger partial charge in [-0.05, 0) is 59.1 Å². The number of nitrogens with two attached hydrogens (primary N) is 1. The van der Waals surface area contributed by atoms with Gasteiger partial charge in [-0.3, -0.25) is 9.88 Å². The molecule has 36 heavy (non-hydrogen) atoms. The Hall–Kier alpha value is -3.84. The summed E-state index contributed by atoms with van der Waals surface area (Å²) in [5, 5.41) is 4.48. The third-order valence-corrected chi connectivity index (χ3v) is 5.92. The van der Waals surface area contributed by atoms with Crippen LogP contribution in [0.25, 0.3) is 27.4 Å². The maximum Gasteiger partial charge on any atom is 0.410 e. The number of anilines is 1. The monoisotopic (exact) mass is 491 g/mol. The van der Waals surface area contributed by atoms with Crippen LogP contribution >= 0.6 is 0 Å². The summed E-state index contributed by atoms with van der Waals surface area (Å²) < 4.78 is 13.3. The second-order valence-corrected chi connectivity index (χ2v) is 9.77. The fourth-order valence-corrected chi connectivity index (χ4v) is 4.19. The van der Waals surface area contributed by atoms with Crippen LogP contribution in [0.4, 0.5) is 16.3 Å². The number of ether oxygens (including phenoxy) is 2. The molecule has 1 unspecified atom stereocenters. The van der Waals surface area contributed by atoms with Gasteiger partial charge in [-0.2, -0.15) is 5.10 Å². The molecule has 1 amide bonds. The van der Waals surface area contributed by atoms with Crippen LogP contribution in [-0.2, 0) is 16.0 Å². The molecule has 10 heteroatoms. The molecule has 1 fully saturated rings. The van der Waals surface area contributed by atoms with Gasteiger partial charge in [0, 0.05) is 36.2 Å². The minimum atomic E-state index is -0.602. The van der Waals surface area contributed by atoms with E-state index in [1.54, 1.807) is 6.20 Å². The summed E-state index contributed by atoms with van der Waals surface area (Å²) in [7, 11) is 0. The van der Waals surface area contributed by atoms with Crippen molar-refractivity contribution in [3.63, 3.8) is 0 Å². The van der Waals surface area contributed by atoms with Crippen molar-refractivity contribution in [2.45, 2.75) is 65.3 Å². The lowest BCUT2D eigenvalue weighted by Gasteiger charge is -2.25. The summed E-state index contributed by atoms with van der Waals surface area (Å²) in [6.45, 7) is 16.3. The standard InChI is InChI=1S/C26H33N7O3/c1-6-32(25(34)36-26(2,3)4)16-21-30-23(24(28-5)31-21)18-11-10-17(15-19(18)27)20-12-13-29-33(20)22-9-7-8-14-35-22/h10-13,15,22H,6-9,14,16,27H2,1-4H3,(H,30,31). The lowest BCUT2D eigenvalue weighted by atomic mass is 10.0. The molecule has 0 spiro atoms. The van der Waals surface area contributed by atoms with Gasteiger partial charge in [0.15, 0.2) is 12.1 Å². The molecule has 0 bridgehead atoms. The SMILES string of the molecule is [C-]#[N+]c1[nH]c(CN(CC)C(=O)OC(C)(C)C)nc1-c1ccc(-c2ccnn2C2CCCCO2)cc1N. The molecule has 0 radical (unpaired) electrons. The lowest BCUT2D eigenvalue weighted by Crippen LogP contribution is -2.36. The van der Waals surface area contributed by atoms with Crippen molar-refractivity contribution in [3.05, 3.63) is 47.7 Å². The highest BCUT2D eigenvalue weighted by molar-refractivity contribution is 5.84. The van der Waals surface area contributed by atoms with E-state index in [1.165, 1.54) is 4.90 Å². The number of nitrogens with one attached hydrogen (secondary N) is 1. The third-order valence-electron chi connectivity index (χ3n) is 5.92. The van der Waals surface area contributed by atoms with Crippen molar-refractivity contribution in [2.75, 3.05) is 18.9 Å².